The predicted molar refractivity (Wildman–Crippen MR) is 76.5 cm³/mol. The summed E-state index contributed by atoms with van der Waals surface area (Å²) < 4.78 is 0. The maximum absolute atomic E-state index is 12.1. The van der Waals surface area contributed by atoms with Crippen LogP contribution in [0.5, 0.6) is 0 Å². The lowest BCUT2D eigenvalue weighted by Gasteiger charge is -2.42. The molecule has 2 saturated carbocycles. The second-order valence-electron chi connectivity index (χ2n) is 6.36. The van der Waals surface area contributed by atoms with Crippen LogP contribution < -0.4 is 10.6 Å². The van der Waals surface area contributed by atoms with E-state index in [1.807, 2.05) is 0 Å². The van der Waals surface area contributed by atoms with Crippen molar-refractivity contribution in [3.05, 3.63) is 0 Å². The van der Waals surface area contributed by atoms with Crippen molar-refractivity contribution in [2.24, 2.45) is 5.92 Å². The highest BCUT2D eigenvalue weighted by molar-refractivity contribution is 5.77. The van der Waals surface area contributed by atoms with Gasteiger partial charge in [-0.3, -0.25) is 4.79 Å². The van der Waals surface area contributed by atoms with Crippen molar-refractivity contribution in [2.45, 2.75) is 76.3 Å². The molecule has 5 nitrogen and oxygen atoms in total. The molecule has 0 aromatic carbocycles. The van der Waals surface area contributed by atoms with Gasteiger partial charge in [0.05, 0.1) is 12.0 Å². The number of carboxylic acids is 1. The van der Waals surface area contributed by atoms with Crippen molar-refractivity contribution < 1.29 is 14.7 Å². The quantitative estimate of drug-likeness (QED) is 0.725. The molecule has 2 atom stereocenters. The number of urea groups is 1. The molecule has 20 heavy (non-hydrogen) atoms. The summed E-state index contributed by atoms with van der Waals surface area (Å²) in [4.78, 5) is 23.1. The second-order valence-corrected chi connectivity index (χ2v) is 6.36. The van der Waals surface area contributed by atoms with Crippen molar-refractivity contribution in [2.75, 3.05) is 0 Å². The van der Waals surface area contributed by atoms with Crippen LogP contribution in [0, 0.1) is 5.92 Å². The minimum atomic E-state index is -0.839. The number of carbonyl (C=O) groups is 2. The van der Waals surface area contributed by atoms with Gasteiger partial charge >= 0.3 is 12.0 Å². The van der Waals surface area contributed by atoms with Crippen molar-refractivity contribution in [1.29, 1.82) is 0 Å². The minimum absolute atomic E-state index is 0.0301. The largest absolute Gasteiger partial charge is 0.481 e. The van der Waals surface area contributed by atoms with Gasteiger partial charge in [-0.1, -0.05) is 26.2 Å². The lowest BCUT2D eigenvalue weighted by molar-refractivity contribution is -0.139. The number of hydrogen-bond donors (Lipinski definition) is 3. The third kappa shape index (κ3) is 3.64. The van der Waals surface area contributed by atoms with E-state index in [9.17, 15) is 9.59 Å². The molecular weight excluding hydrogens is 256 g/mol. The third-order valence-electron chi connectivity index (χ3n) is 4.93. The lowest BCUT2D eigenvalue weighted by atomic mass is 9.74. The molecule has 0 radical (unpaired) electrons. The topological polar surface area (TPSA) is 78.4 Å². The Hall–Kier alpha value is -1.26. The highest BCUT2D eigenvalue weighted by Gasteiger charge is 2.40. The Morgan fingerprint density at radius 1 is 1.20 bits per heavy atom. The van der Waals surface area contributed by atoms with Crippen molar-refractivity contribution >= 4 is 12.0 Å². The first-order chi connectivity index (χ1) is 9.54. The summed E-state index contributed by atoms with van der Waals surface area (Å²) in [5, 5.41) is 15.0. The van der Waals surface area contributed by atoms with E-state index in [4.69, 9.17) is 5.11 Å². The maximum Gasteiger partial charge on any atom is 0.315 e. The van der Waals surface area contributed by atoms with Crippen molar-refractivity contribution in [1.82, 2.24) is 10.6 Å². The highest BCUT2D eigenvalue weighted by atomic mass is 16.4. The molecular formula is C15H26N2O3. The Balaban J connectivity index is 1.86. The zero-order chi connectivity index (χ0) is 14.6. The molecule has 2 aliphatic carbocycles. The van der Waals surface area contributed by atoms with E-state index in [0.29, 0.717) is 5.92 Å². The van der Waals surface area contributed by atoms with E-state index in [1.165, 1.54) is 19.3 Å². The minimum Gasteiger partial charge on any atom is -0.481 e. The fourth-order valence-electron chi connectivity index (χ4n) is 3.57. The first-order valence-corrected chi connectivity index (χ1v) is 7.85. The molecule has 2 rings (SSSR count). The molecule has 0 aliphatic heterocycles. The average Bonchev–Trinajstić information content (AvgIpc) is 2.36. The number of rotatable bonds is 5. The molecule has 2 fully saturated rings. The average molecular weight is 282 g/mol. The Morgan fingerprint density at radius 3 is 2.45 bits per heavy atom. The molecule has 0 aromatic rings. The van der Waals surface area contributed by atoms with Gasteiger partial charge in [0.25, 0.3) is 0 Å². The van der Waals surface area contributed by atoms with Crippen LogP contribution in [0.3, 0.4) is 0 Å². The molecule has 0 bridgehead atoms. The molecule has 3 N–H and O–H groups in total. The van der Waals surface area contributed by atoms with Crippen LogP contribution in [0.4, 0.5) is 4.79 Å². The number of amides is 2. The number of hydrogen-bond acceptors (Lipinski definition) is 2. The van der Waals surface area contributed by atoms with Gasteiger partial charge in [-0.25, -0.2) is 4.79 Å². The van der Waals surface area contributed by atoms with Crippen LogP contribution in [-0.2, 0) is 4.79 Å². The van der Waals surface area contributed by atoms with Gasteiger partial charge in [0.1, 0.15) is 0 Å². The highest BCUT2D eigenvalue weighted by Crippen LogP contribution is 2.35. The van der Waals surface area contributed by atoms with Crippen LogP contribution in [0.15, 0.2) is 0 Å². The number of nitrogens with one attached hydrogen (secondary N) is 2. The van der Waals surface area contributed by atoms with Gasteiger partial charge in [-0.15, -0.1) is 0 Å². The fourth-order valence-corrected chi connectivity index (χ4v) is 3.57. The summed E-state index contributed by atoms with van der Waals surface area (Å²) in [7, 11) is 0. The maximum atomic E-state index is 12.1. The van der Waals surface area contributed by atoms with E-state index >= 15 is 0 Å². The molecule has 5 heteroatoms. The van der Waals surface area contributed by atoms with Gasteiger partial charge < -0.3 is 15.7 Å². The van der Waals surface area contributed by atoms with Gasteiger partial charge in [0.2, 0.25) is 0 Å². The Labute approximate surface area is 120 Å². The van der Waals surface area contributed by atoms with Crippen LogP contribution in [0.1, 0.15) is 64.7 Å². The van der Waals surface area contributed by atoms with Gasteiger partial charge in [0.15, 0.2) is 0 Å². The van der Waals surface area contributed by atoms with E-state index in [0.717, 1.165) is 32.1 Å². The summed E-state index contributed by atoms with van der Waals surface area (Å²) in [6.07, 6.45) is 8.30. The lowest BCUT2D eigenvalue weighted by Crippen LogP contribution is -2.59. The van der Waals surface area contributed by atoms with Gasteiger partial charge in [0, 0.05) is 6.04 Å². The number of aliphatic carboxylic acids is 1. The van der Waals surface area contributed by atoms with E-state index < -0.39 is 11.5 Å². The first-order valence-electron chi connectivity index (χ1n) is 7.85. The van der Waals surface area contributed by atoms with Gasteiger partial charge in [-0.2, -0.15) is 0 Å². The van der Waals surface area contributed by atoms with Crippen LogP contribution in [-0.4, -0.2) is 28.7 Å². The SMILES string of the molecule is CCC1CCCCC1NC(=O)NC1(CC(=O)O)CCC1. The molecule has 0 spiro atoms. The van der Waals surface area contributed by atoms with Crippen LogP contribution in [0.2, 0.25) is 0 Å². The van der Waals surface area contributed by atoms with Gasteiger partial charge in [-0.05, 0) is 38.0 Å². The number of carboxylic acid groups (broad SMARTS) is 1. The Morgan fingerprint density at radius 2 is 1.90 bits per heavy atom. The fraction of sp³-hybridized carbons (Fsp3) is 0.867. The van der Waals surface area contributed by atoms with E-state index in [-0.39, 0.29) is 18.5 Å². The monoisotopic (exact) mass is 282 g/mol. The normalized spacial score (nSPS) is 28.2. The summed E-state index contributed by atoms with van der Waals surface area (Å²) >= 11 is 0. The van der Waals surface area contributed by atoms with Crippen LogP contribution in [0.25, 0.3) is 0 Å². The zero-order valence-corrected chi connectivity index (χ0v) is 12.3. The van der Waals surface area contributed by atoms with Crippen LogP contribution >= 0.6 is 0 Å². The summed E-state index contributed by atoms with van der Waals surface area (Å²) in [5.74, 6) is -0.277. The Bertz CT molecular complexity index is 366. The molecule has 2 amide bonds. The molecule has 0 saturated heterocycles. The van der Waals surface area contributed by atoms with E-state index in [2.05, 4.69) is 17.6 Å². The molecule has 2 aliphatic rings. The summed E-state index contributed by atoms with van der Waals surface area (Å²) in [6.45, 7) is 2.17. The van der Waals surface area contributed by atoms with Crippen molar-refractivity contribution in [3.8, 4) is 0 Å². The standard InChI is InChI=1S/C15H26N2O3/c1-2-11-6-3-4-7-12(11)16-14(20)17-15(8-5-9-15)10-13(18)19/h11-12H,2-10H2,1H3,(H,18,19)(H2,16,17,20). The number of carbonyl (C=O) groups excluding carboxylic acids is 1. The third-order valence-corrected chi connectivity index (χ3v) is 4.93. The predicted octanol–water partition coefficient (Wildman–Crippen LogP) is 2.65. The zero-order valence-electron chi connectivity index (χ0n) is 12.3. The molecule has 0 heterocycles. The first kappa shape index (κ1) is 15.1. The summed E-state index contributed by atoms with van der Waals surface area (Å²) in [5.41, 5.74) is -0.508. The smallest absolute Gasteiger partial charge is 0.315 e. The Kier molecular flexibility index (Phi) is 4.89. The summed E-state index contributed by atoms with van der Waals surface area (Å²) in [6, 6.07) is 0.0620. The van der Waals surface area contributed by atoms with E-state index in [1.54, 1.807) is 0 Å². The molecule has 114 valence electrons. The van der Waals surface area contributed by atoms with Crippen molar-refractivity contribution in [3.63, 3.8) is 0 Å². The molecule has 0 aromatic heterocycles. The molecule has 2 unspecified atom stereocenters. The second kappa shape index (κ2) is 6.46.